The topological polar surface area (TPSA) is 29.3 Å². The second-order valence-corrected chi connectivity index (χ2v) is 5.19. The van der Waals surface area contributed by atoms with E-state index in [1.54, 1.807) is 0 Å². The highest BCUT2D eigenvalue weighted by Gasteiger charge is 2.21. The number of likely N-dealkylation sites (N-methyl/N-ethyl adjacent to an activating group) is 1. The predicted octanol–water partition coefficient (Wildman–Crippen LogP) is 2.34. The third-order valence-corrected chi connectivity index (χ3v) is 3.04. The Kier molecular flexibility index (Phi) is 6.38. The molecule has 0 bridgehead atoms. The van der Waals surface area contributed by atoms with Gasteiger partial charge in [-0.05, 0) is 32.2 Å². The van der Waals surface area contributed by atoms with E-state index in [1.165, 1.54) is 6.42 Å². The number of nitrogens with two attached hydrogens (primary N) is 1. The van der Waals surface area contributed by atoms with Crippen LogP contribution in [0, 0.1) is 11.8 Å². The molecule has 2 atom stereocenters. The summed E-state index contributed by atoms with van der Waals surface area (Å²) in [6, 6.07) is 1.15. The molecule has 0 saturated heterocycles. The van der Waals surface area contributed by atoms with Crippen LogP contribution in [-0.2, 0) is 0 Å². The van der Waals surface area contributed by atoms with E-state index >= 15 is 0 Å². The molecule has 2 nitrogen and oxygen atoms in total. The number of hydrogen-bond acceptors (Lipinski definition) is 2. The minimum absolute atomic E-state index is 0.517. The molecule has 0 aromatic carbocycles. The van der Waals surface area contributed by atoms with Gasteiger partial charge in [-0.1, -0.05) is 27.7 Å². The fraction of sp³-hybridized carbons (Fsp3) is 1.00. The molecule has 0 aromatic rings. The zero-order valence-corrected chi connectivity index (χ0v) is 10.7. The minimum atomic E-state index is 0.517. The van der Waals surface area contributed by atoms with E-state index in [4.69, 9.17) is 5.73 Å². The van der Waals surface area contributed by atoms with Crippen molar-refractivity contribution in [3.05, 3.63) is 0 Å². The maximum absolute atomic E-state index is 5.80. The van der Waals surface area contributed by atoms with Gasteiger partial charge in [-0.2, -0.15) is 0 Å². The molecule has 0 aliphatic rings. The van der Waals surface area contributed by atoms with Crippen molar-refractivity contribution in [2.24, 2.45) is 17.6 Å². The lowest BCUT2D eigenvalue weighted by molar-refractivity contribution is 0.134. The molecule has 0 spiro atoms. The zero-order chi connectivity index (χ0) is 11.3. The molecule has 0 rings (SSSR count). The molecule has 2 heteroatoms. The van der Waals surface area contributed by atoms with E-state index in [9.17, 15) is 0 Å². The molecule has 0 fully saturated rings. The Hall–Kier alpha value is -0.0800. The van der Waals surface area contributed by atoms with Crippen LogP contribution in [0.4, 0.5) is 0 Å². The van der Waals surface area contributed by atoms with E-state index < -0.39 is 0 Å². The van der Waals surface area contributed by atoms with Gasteiger partial charge in [-0.25, -0.2) is 0 Å². The molecule has 86 valence electrons. The maximum Gasteiger partial charge on any atom is 0.0241 e. The van der Waals surface area contributed by atoms with Crippen molar-refractivity contribution in [1.82, 2.24) is 4.90 Å². The lowest BCUT2D eigenvalue weighted by Gasteiger charge is -2.35. The van der Waals surface area contributed by atoms with Gasteiger partial charge < -0.3 is 5.73 Å². The Balaban J connectivity index is 4.19. The van der Waals surface area contributed by atoms with E-state index in [0.717, 1.165) is 12.5 Å². The zero-order valence-electron chi connectivity index (χ0n) is 10.7. The Morgan fingerprint density at radius 2 is 1.57 bits per heavy atom. The first-order valence-electron chi connectivity index (χ1n) is 5.82. The Labute approximate surface area is 89.9 Å². The molecule has 0 aliphatic heterocycles. The third kappa shape index (κ3) is 4.43. The molecular weight excluding hydrogens is 172 g/mol. The lowest BCUT2D eigenvalue weighted by atomic mass is 9.98. The fourth-order valence-electron chi connectivity index (χ4n) is 2.08. The van der Waals surface area contributed by atoms with Crippen LogP contribution in [0.2, 0.25) is 0 Å². The molecule has 0 heterocycles. The average Bonchev–Trinajstić information content (AvgIpc) is 2.03. The summed E-state index contributed by atoms with van der Waals surface area (Å²) in [4.78, 5) is 2.44. The van der Waals surface area contributed by atoms with Gasteiger partial charge in [-0.15, -0.1) is 0 Å². The van der Waals surface area contributed by atoms with Gasteiger partial charge in [-0.3, -0.25) is 4.90 Å². The first-order chi connectivity index (χ1) is 6.40. The fourth-order valence-corrected chi connectivity index (χ4v) is 2.08. The second-order valence-electron chi connectivity index (χ2n) is 5.19. The summed E-state index contributed by atoms with van der Waals surface area (Å²) in [6.07, 6.45) is 1.25. The maximum atomic E-state index is 5.80. The van der Waals surface area contributed by atoms with Crippen LogP contribution in [-0.4, -0.2) is 30.6 Å². The molecule has 0 saturated carbocycles. The molecule has 2 N–H and O–H groups in total. The van der Waals surface area contributed by atoms with Crippen LogP contribution in [0.25, 0.3) is 0 Å². The molecule has 0 aliphatic carbocycles. The van der Waals surface area contributed by atoms with E-state index in [-0.39, 0.29) is 0 Å². The standard InChI is InChI=1S/C12H28N2/c1-9(2)7-11(5)14(6)12(8-13)10(3)4/h9-12H,7-8,13H2,1-6H3. The highest BCUT2D eigenvalue weighted by Crippen LogP contribution is 2.16. The van der Waals surface area contributed by atoms with Crippen LogP contribution in [0.3, 0.4) is 0 Å². The smallest absolute Gasteiger partial charge is 0.0241 e. The van der Waals surface area contributed by atoms with Crippen molar-refractivity contribution >= 4 is 0 Å². The van der Waals surface area contributed by atoms with Crippen molar-refractivity contribution in [3.63, 3.8) is 0 Å². The summed E-state index contributed by atoms with van der Waals surface area (Å²) < 4.78 is 0. The summed E-state index contributed by atoms with van der Waals surface area (Å²) >= 11 is 0. The van der Waals surface area contributed by atoms with Crippen LogP contribution < -0.4 is 5.73 Å². The number of rotatable bonds is 6. The first-order valence-corrected chi connectivity index (χ1v) is 5.82. The largest absolute Gasteiger partial charge is 0.329 e. The molecule has 0 radical (unpaired) electrons. The molecule has 0 aromatic heterocycles. The van der Waals surface area contributed by atoms with Gasteiger partial charge in [0.1, 0.15) is 0 Å². The van der Waals surface area contributed by atoms with Gasteiger partial charge in [0, 0.05) is 18.6 Å². The molecule has 0 amide bonds. The Bertz CT molecular complexity index is 143. The highest BCUT2D eigenvalue weighted by molar-refractivity contribution is 4.77. The monoisotopic (exact) mass is 200 g/mol. The highest BCUT2D eigenvalue weighted by atomic mass is 15.2. The SMILES string of the molecule is CC(C)CC(C)N(C)C(CN)C(C)C. The van der Waals surface area contributed by atoms with Gasteiger partial charge in [0.2, 0.25) is 0 Å². The van der Waals surface area contributed by atoms with Crippen LogP contribution >= 0.6 is 0 Å². The lowest BCUT2D eigenvalue weighted by Crippen LogP contribution is -2.46. The summed E-state index contributed by atoms with van der Waals surface area (Å²) in [6.45, 7) is 12.1. The van der Waals surface area contributed by atoms with Gasteiger partial charge >= 0.3 is 0 Å². The Morgan fingerprint density at radius 1 is 1.07 bits per heavy atom. The van der Waals surface area contributed by atoms with Crippen LogP contribution in [0.1, 0.15) is 41.0 Å². The molecule has 2 unspecified atom stereocenters. The predicted molar refractivity (Wildman–Crippen MR) is 64.4 cm³/mol. The van der Waals surface area contributed by atoms with Crippen molar-refractivity contribution in [2.75, 3.05) is 13.6 Å². The van der Waals surface area contributed by atoms with E-state index in [1.807, 2.05) is 0 Å². The quantitative estimate of drug-likeness (QED) is 0.713. The summed E-state index contributed by atoms with van der Waals surface area (Å²) in [5.41, 5.74) is 5.80. The van der Waals surface area contributed by atoms with Crippen molar-refractivity contribution < 1.29 is 0 Å². The number of hydrogen-bond donors (Lipinski definition) is 1. The Morgan fingerprint density at radius 3 is 1.86 bits per heavy atom. The van der Waals surface area contributed by atoms with Crippen molar-refractivity contribution in [3.8, 4) is 0 Å². The van der Waals surface area contributed by atoms with Crippen LogP contribution in [0.15, 0.2) is 0 Å². The summed E-state index contributed by atoms with van der Waals surface area (Å²) in [7, 11) is 2.20. The van der Waals surface area contributed by atoms with Gasteiger partial charge in [0.05, 0.1) is 0 Å². The van der Waals surface area contributed by atoms with E-state index in [0.29, 0.717) is 18.0 Å². The summed E-state index contributed by atoms with van der Waals surface area (Å²) in [5.74, 6) is 1.40. The summed E-state index contributed by atoms with van der Waals surface area (Å²) in [5, 5.41) is 0. The second kappa shape index (κ2) is 6.41. The van der Waals surface area contributed by atoms with Gasteiger partial charge in [0.15, 0.2) is 0 Å². The number of nitrogens with zero attached hydrogens (tertiary/aromatic N) is 1. The molecule has 14 heavy (non-hydrogen) atoms. The molecular formula is C12H28N2. The minimum Gasteiger partial charge on any atom is -0.329 e. The van der Waals surface area contributed by atoms with Crippen molar-refractivity contribution in [2.45, 2.75) is 53.1 Å². The first kappa shape index (κ1) is 13.9. The normalized spacial score (nSPS) is 16.7. The third-order valence-electron chi connectivity index (χ3n) is 3.04. The van der Waals surface area contributed by atoms with Crippen LogP contribution in [0.5, 0.6) is 0 Å². The van der Waals surface area contributed by atoms with E-state index in [2.05, 4.69) is 46.6 Å². The van der Waals surface area contributed by atoms with Crippen molar-refractivity contribution in [1.29, 1.82) is 0 Å². The van der Waals surface area contributed by atoms with Gasteiger partial charge in [0.25, 0.3) is 0 Å². The average molecular weight is 200 g/mol.